The molecular formula is C24H28N8O2. The zero-order chi connectivity index (χ0) is 24.1. The van der Waals surface area contributed by atoms with Crippen LogP contribution < -0.4 is 16.0 Å². The lowest BCUT2D eigenvalue weighted by atomic mass is 10.1. The molecule has 0 aliphatic carbocycles. The Morgan fingerprint density at radius 1 is 1.12 bits per heavy atom. The summed E-state index contributed by atoms with van der Waals surface area (Å²) in [6.45, 7) is 5.12. The van der Waals surface area contributed by atoms with Crippen molar-refractivity contribution in [3.05, 3.63) is 47.5 Å². The van der Waals surface area contributed by atoms with Crippen LogP contribution in [0.3, 0.4) is 0 Å². The molecule has 3 heterocycles. The van der Waals surface area contributed by atoms with Gasteiger partial charge in [-0.15, -0.1) is 0 Å². The third-order valence-electron chi connectivity index (χ3n) is 5.96. The molecule has 4 rings (SSSR count). The Morgan fingerprint density at radius 3 is 2.62 bits per heavy atom. The lowest BCUT2D eigenvalue weighted by molar-refractivity contribution is -0.134. The first-order valence-corrected chi connectivity index (χ1v) is 11.4. The molecule has 2 aromatic rings. The van der Waals surface area contributed by atoms with E-state index in [0.717, 1.165) is 30.9 Å². The third-order valence-corrected chi connectivity index (χ3v) is 5.96. The first-order valence-electron chi connectivity index (χ1n) is 11.4. The van der Waals surface area contributed by atoms with Crippen molar-refractivity contribution in [2.45, 2.75) is 26.2 Å². The quantitative estimate of drug-likeness (QED) is 0.561. The van der Waals surface area contributed by atoms with Crippen LogP contribution in [-0.2, 0) is 16.0 Å². The van der Waals surface area contributed by atoms with Crippen LogP contribution in [0.5, 0.6) is 0 Å². The number of hydrogen-bond acceptors (Lipinski definition) is 8. The number of carbonyl (C=O) groups is 2. The number of amides is 2. The molecule has 0 radical (unpaired) electrons. The molecule has 1 fully saturated rings. The first kappa shape index (κ1) is 23.2. The number of allylic oxidation sites excluding steroid dienone is 1. The number of nitrogens with zero attached hydrogens (tertiary/aromatic N) is 5. The van der Waals surface area contributed by atoms with Crippen molar-refractivity contribution >= 4 is 34.7 Å². The summed E-state index contributed by atoms with van der Waals surface area (Å²) in [6, 6.07) is 9.84. The normalized spacial score (nSPS) is 16.7. The van der Waals surface area contributed by atoms with Gasteiger partial charge in [-0.05, 0) is 37.2 Å². The lowest BCUT2D eigenvalue weighted by Crippen LogP contribution is -2.47. The molecule has 176 valence electrons. The Labute approximate surface area is 198 Å². The number of aryl methyl sites for hydroxylation is 1. The van der Waals surface area contributed by atoms with Crippen molar-refractivity contribution in [2.75, 3.05) is 49.2 Å². The topological polar surface area (TPSA) is 126 Å². The third kappa shape index (κ3) is 5.32. The van der Waals surface area contributed by atoms with Gasteiger partial charge in [-0.1, -0.05) is 13.0 Å². The Kier molecular flexibility index (Phi) is 7.04. The number of hydrogen-bond donors (Lipinski definition) is 3. The predicted molar refractivity (Wildman–Crippen MR) is 130 cm³/mol. The summed E-state index contributed by atoms with van der Waals surface area (Å²) in [5.41, 5.74) is 3.64. The maximum Gasteiger partial charge on any atom is 0.229 e. The van der Waals surface area contributed by atoms with Gasteiger partial charge < -0.3 is 20.4 Å². The first-order chi connectivity index (χ1) is 16.5. The van der Waals surface area contributed by atoms with E-state index < -0.39 is 0 Å². The van der Waals surface area contributed by atoms with Gasteiger partial charge in [0, 0.05) is 45.2 Å². The molecule has 2 aliphatic heterocycles. The van der Waals surface area contributed by atoms with E-state index in [9.17, 15) is 14.9 Å². The van der Waals surface area contributed by atoms with Gasteiger partial charge in [-0.3, -0.25) is 14.9 Å². The van der Waals surface area contributed by atoms with Crippen molar-refractivity contribution in [3.8, 4) is 6.07 Å². The van der Waals surface area contributed by atoms with Gasteiger partial charge in [0.05, 0.1) is 17.1 Å². The Morgan fingerprint density at radius 2 is 1.88 bits per heavy atom. The van der Waals surface area contributed by atoms with Gasteiger partial charge >= 0.3 is 0 Å². The van der Waals surface area contributed by atoms with Crippen LogP contribution in [-0.4, -0.2) is 64.8 Å². The van der Waals surface area contributed by atoms with Crippen molar-refractivity contribution in [3.63, 3.8) is 0 Å². The van der Waals surface area contributed by atoms with Crippen LogP contribution >= 0.6 is 0 Å². The maximum absolute atomic E-state index is 12.4. The fraction of sp³-hybridized carbons (Fsp3) is 0.375. The van der Waals surface area contributed by atoms with Crippen LogP contribution in [0.1, 0.15) is 31.0 Å². The zero-order valence-electron chi connectivity index (χ0n) is 19.4. The van der Waals surface area contributed by atoms with Gasteiger partial charge in [-0.25, -0.2) is 9.97 Å². The fourth-order valence-corrected chi connectivity index (χ4v) is 3.87. The van der Waals surface area contributed by atoms with Gasteiger partial charge in [0.1, 0.15) is 17.5 Å². The Balaban J connectivity index is 1.39. The number of piperazine rings is 1. The summed E-state index contributed by atoms with van der Waals surface area (Å²) < 4.78 is 0. The predicted octanol–water partition coefficient (Wildman–Crippen LogP) is 2.26. The van der Waals surface area contributed by atoms with Gasteiger partial charge in [0.2, 0.25) is 17.8 Å². The minimum Gasteiger partial charge on any atom is -0.340 e. The van der Waals surface area contributed by atoms with E-state index in [0.29, 0.717) is 30.2 Å². The second-order valence-corrected chi connectivity index (χ2v) is 8.34. The molecule has 1 aromatic carbocycles. The number of aromatic nitrogens is 2. The van der Waals surface area contributed by atoms with Crippen LogP contribution in [0, 0.1) is 11.3 Å². The average Bonchev–Trinajstić information content (AvgIpc) is 3.26. The summed E-state index contributed by atoms with van der Waals surface area (Å²) in [5.74, 6) is 0.243. The molecule has 0 spiro atoms. The monoisotopic (exact) mass is 460 g/mol. The number of nitriles is 1. The van der Waals surface area contributed by atoms with Crippen molar-refractivity contribution < 1.29 is 9.59 Å². The molecular weight excluding hydrogens is 432 g/mol. The smallest absolute Gasteiger partial charge is 0.229 e. The van der Waals surface area contributed by atoms with Crippen molar-refractivity contribution in [1.29, 1.82) is 5.26 Å². The highest BCUT2D eigenvalue weighted by atomic mass is 16.2. The standard InChI is InChI=1S/C24H28N8O2/c1-3-16-4-5-19-20(14-16)28-23(27-19)17(15-25)18-8-9-26-24(29-18)30-21(33)6-7-22(34)32-12-10-31(2)11-13-32/h4-5,8-9,14,27-28H,3,6-7,10-13H2,1-2H3,(H,26,29,30,33)/b23-17+. The van der Waals surface area contributed by atoms with Crippen molar-refractivity contribution in [1.82, 2.24) is 19.8 Å². The highest BCUT2D eigenvalue weighted by Gasteiger charge is 2.22. The summed E-state index contributed by atoms with van der Waals surface area (Å²) in [7, 11) is 2.02. The number of carbonyl (C=O) groups excluding carboxylic acids is 2. The average molecular weight is 461 g/mol. The van der Waals surface area contributed by atoms with E-state index in [2.05, 4.69) is 43.8 Å². The summed E-state index contributed by atoms with van der Waals surface area (Å²) in [4.78, 5) is 37.2. The number of fused-ring (bicyclic) bond motifs is 1. The lowest BCUT2D eigenvalue weighted by Gasteiger charge is -2.32. The highest BCUT2D eigenvalue weighted by Crippen LogP contribution is 2.34. The molecule has 10 nitrogen and oxygen atoms in total. The molecule has 2 amide bonds. The molecule has 0 saturated carbocycles. The molecule has 34 heavy (non-hydrogen) atoms. The van der Waals surface area contributed by atoms with E-state index in [-0.39, 0.29) is 30.6 Å². The molecule has 2 aliphatic rings. The number of rotatable bonds is 6. The molecule has 1 aromatic heterocycles. The van der Waals surface area contributed by atoms with E-state index in [1.807, 2.05) is 25.2 Å². The van der Waals surface area contributed by atoms with Crippen LogP contribution in [0.2, 0.25) is 0 Å². The molecule has 0 atom stereocenters. The van der Waals surface area contributed by atoms with Crippen LogP contribution in [0.25, 0.3) is 5.57 Å². The Bertz CT molecular complexity index is 1160. The number of likely N-dealkylation sites (N-methyl/N-ethyl adjacent to an activating group) is 1. The second-order valence-electron chi connectivity index (χ2n) is 8.34. The molecule has 1 saturated heterocycles. The largest absolute Gasteiger partial charge is 0.340 e. The molecule has 0 bridgehead atoms. The highest BCUT2D eigenvalue weighted by molar-refractivity contribution is 5.93. The number of nitrogens with one attached hydrogen (secondary N) is 3. The van der Waals surface area contributed by atoms with E-state index in [1.54, 1.807) is 11.0 Å². The molecule has 0 unspecified atom stereocenters. The second kappa shape index (κ2) is 10.3. The van der Waals surface area contributed by atoms with Crippen molar-refractivity contribution in [2.24, 2.45) is 0 Å². The fourth-order valence-electron chi connectivity index (χ4n) is 3.87. The van der Waals surface area contributed by atoms with E-state index in [4.69, 9.17) is 0 Å². The van der Waals surface area contributed by atoms with Crippen LogP contribution in [0.4, 0.5) is 17.3 Å². The maximum atomic E-state index is 12.4. The van der Waals surface area contributed by atoms with Gasteiger partial charge in [0.15, 0.2) is 0 Å². The number of anilines is 3. The minimum absolute atomic E-state index is 0.0291. The summed E-state index contributed by atoms with van der Waals surface area (Å²) in [5, 5.41) is 18.9. The van der Waals surface area contributed by atoms with Crippen LogP contribution in [0.15, 0.2) is 36.3 Å². The Hall–Kier alpha value is -3.97. The van der Waals surface area contributed by atoms with E-state index in [1.165, 1.54) is 11.8 Å². The van der Waals surface area contributed by atoms with E-state index >= 15 is 0 Å². The molecule has 10 heteroatoms. The zero-order valence-corrected chi connectivity index (χ0v) is 19.4. The minimum atomic E-state index is -0.345. The van der Waals surface area contributed by atoms with Gasteiger partial charge in [0.25, 0.3) is 0 Å². The summed E-state index contributed by atoms with van der Waals surface area (Å²) >= 11 is 0. The van der Waals surface area contributed by atoms with Gasteiger partial charge in [-0.2, -0.15) is 5.26 Å². The number of benzene rings is 1. The summed E-state index contributed by atoms with van der Waals surface area (Å²) in [6.07, 6.45) is 2.58. The SMILES string of the molecule is CCc1ccc2c(c1)N/C(=C(\C#N)c1ccnc(NC(=O)CCC(=O)N3CCN(C)CC3)n1)N2. The molecule has 3 N–H and O–H groups in total.